The molecule has 1 aromatic heterocycles. The van der Waals surface area contributed by atoms with Gasteiger partial charge in [0, 0.05) is 23.1 Å². The summed E-state index contributed by atoms with van der Waals surface area (Å²) in [6.45, 7) is 9.62. The molecule has 0 saturated heterocycles. The van der Waals surface area contributed by atoms with Crippen molar-refractivity contribution in [2.75, 3.05) is 13.1 Å². The minimum Gasteiger partial charge on any atom is -0.451 e. The summed E-state index contributed by atoms with van der Waals surface area (Å²) in [4.78, 5) is 14.1. The minimum atomic E-state index is -0.341. The van der Waals surface area contributed by atoms with Crippen LogP contribution in [0.25, 0.3) is 11.0 Å². The lowest BCUT2D eigenvalue weighted by Crippen LogP contribution is -3.10. The fraction of sp³-hybridized carbons (Fsp3) is 0.318. The maximum atomic E-state index is 13.5. The summed E-state index contributed by atoms with van der Waals surface area (Å²) in [6, 6.07) is 12.4. The number of nitrogens with one attached hydrogen (secondary N) is 2. The zero-order valence-electron chi connectivity index (χ0n) is 16.1. The number of rotatable bonds is 7. The third kappa shape index (κ3) is 4.19. The molecular formula is C22H26FN2O2+. The van der Waals surface area contributed by atoms with Crippen molar-refractivity contribution >= 4 is 16.9 Å². The Labute approximate surface area is 159 Å². The van der Waals surface area contributed by atoms with Crippen LogP contribution < -0.4 is 10.2 Å². The van der Waals surface area contributed by atoms with E-state index in [9.17, 15) is 9.18 Å². The lowest BCUT2D eigenvalue weighted by molar-refractivity contribution is -0.910. The van der Waals surface area contributed by atoms with Gasteiger partial charge in [-0.1, -0.05) is 24.3 Å². The predicted molar refractivity (Wildman–Crippen MR) is 104 cm³/mol. The van der Waals surface area contributed by atoms with E-state index in [0.717, 1.165) is 25.2 Å². The summed E-state index contributed by atoms with van der Waals surface area (Å²) in [7, 11) is 0. The Kier molecular flexibility index (Phi) is 5.91. The van der Waals surface area contributed by atoms with Gasteiger partial charge in [-0.2, -0.15) is 0 Å². The van der Waals surface area contributed by atoms with Gasteiger partial charge < -0.3 is 14.6 Å². The number of fused-ring (bicyclic) bond motifs is 1. The van der Waals surface area contributed by atoms with Crippen LogP contribution in [-0.2, 0) is 13.1 Å². The van der Waals surface area contributed by atoms with E-state index in [4.69, 9.17) is 4.42 Å². The summed E-state index contributed by atoms with van der Waals surface area (Å²) in [5.74, 6) is -0.386. The van der Waals surface area contributed by atoms with Crippen LogP contribution in [0.15, 0.2) is 46.9 Å². The molecule has 1 amide bonds. The van der Waals surface area contributed by atoms with Crippen molar-refractivity contribution in [2.45, 2.75) is 33.9 Å². The van der Waals surface area contributed by atoms with Crippen LogP contribution in [0.2, 0.25) is 0 Å². The summed E-state index contributed by atoms with van der Waals surface area (Å²) in [5.41, 5.74) is 3.51. The fourth-order valence-electron chi connectivity index (χ4n) is 3.34. The monoisotopic (exact) mass is 369 g/mol. The molecule has 0 fully saturated rings. The normalized spacial score (nSPS) is 11.3. The molecule has 0 aliphatic rings. The van der Waals surface area contributed by atoms with Crippen LogP contribution in [-0.4, -0.2) is 19.0 Å². The second kappa shape index (κ2) is 8.35. The second-order valence-electron chi connectivity index (χ2n) is 6.78. The first-order chi connectivity index (χ1) is 13.0. The highest BCUT2D eigenvalue weighted by Crippen LogP contribution is 2.26. The Morgan fingerprint density at radius 2 is 1.81 bits per heavy atom. The van der Waals surface area contributed by atoms with Gasteiger partial charge in [-0.25, -0.2) is 4.39 Å². The van der Waals surface area contributed by atoms with Gasteiger partial charge in [0.2, 0.25) is 0 Å². The smallest absolute Gasteiger partial charge is 0.287 e. The van der Waals surface area contributed by atoms with Crippen LogP contribution >= 0.6 is 0 Å². The summed E-state index contributed by atoms with van der Waals surface area (Å²) < 4.78 is 19.1. The van der Waals surface area contributed by atoms with Gasteiger partial charge in [-0.3, -0.25) is 4.79 Å². The van der Waals surface area contributed by atoms with Crippen molar-refractivity contribution in [3.63, 3.8) is 0 Å². The Hall–Kier alpha value is -2.66. The van der Waals surface area contributed by atoms with Crippen molar-refractivity contribution in [3.05, 3.63) is 70.7 Å². The zero-order chi connectivity index (χ0) is 19.4. The molecule has 0 saturated carbocycles. The number of furan rings is 1. The molecule has 0 unspecified atom stereocenters. The molecule has 0 spiro atoms. The highest BCUT2D eigenvalue weighted by Gasteiger charge is 2.18. The molecule has 2 N–H and O–H groups in total. The number of aryl methyl sites for hydroxylation is 1. The zero-order valence-corrected chi connectivity index (χ0v) is 16.1. The molecule has 0 bridgehead atoms. The van der Waals surface area contributed by atoms with Crippen molar-refractivity contribution in [1.82, 2.24) is 5.32 Å². The lowest BCUT2D eigenvalue weighted by atomic mass is 10.1. The first kappa shape index (κ1) is 19.1. The molecule has 0 aliphatic heterocycles. The van der Waals surface area contributed by atoms with Gasteiger partial charge in [0.15, 0.2) is 5.76 Å². The maximum absolute atomic E-state index is 13.5. The Morgan fingerprint density at radius 3 is 2.52 bits per heavy atom. The quantitative estimate of drug-likeness (QED) is 0.672. The molecule has 27 heavy (non-hydrogen) atoms. The van der Waals surface area contributed by atoms with Crippen molar-refractivity contribution < 1.29 is 18.5 Å². The van der Waals surface area contributed by atoms with Gasteiger partial charge in [0.05, 0.1) is 13.1 Å². The fourth-order valence-corrected chi connectivity index (χ4v) is 3.34. The third-order valence-corrected chi connectivity index (χ3v) is 5.10. The largest absolute Gasteiger partial charge is 0.451 e. The van der Waals surface area contributed by atoms with E-state index in [1.54, 1.807) is 13.0 Å². The van der Waals surface area contributed by atoms with Crippen molar-refractivity contribution in [3.8, 4) is 0 Å². The number of amides is 1. The summed E-state index contributed by atoms with van der Waals surface area (Å²) in [5, 5.41) is 3.58. The van der Waals surface area contributed by atoms with E-state index in [1.165, 1.54) is 22.6 Å². The van der Waals surface area contributed by atoms with E-state index in [0.29, 0.717) is 23.1 Å². The van der Waals surface area contributed by atoms with Crippen molar-refractivity contribution in [1.29, 1.82) is 0 Å². The van der Waals surface area contributed by atoms with Crippen LogP contribution in [0.4, 0.5) is 4.39 Å². The number of halogens is 1. The number of quaternary nitrogens is 1. The van der Waals surface area contributed by atoms with Gasteiger partial charge in [0.25, 0.3) is 5.91 Å². The van der Waals surface area contributed by atoms with Crippen LogP contribution in [0, 0.1) is 12.7 Å². The third-order valence-electron chi connectivity index (χ3n) is 5.10. The topological polar surface area (TPSA) is 46.7 Å². The summed E-state index contributed by atoms with van der Waals surface area (Å²) in [6.07, 6.45) is 0. The van der Waals surface area contributed by atoms with Gasteiger partial charge >= 0.3 is 0 Å². The van der Waals surface area contributed by atoms with Crippen LogP contribution in [0.5, 0.6) is 0 Å². The summed E-state index contributed by atoms with van der Waals surface area (Å²) >= 11 is 0. The van der Waals surface area contributed by atoms with E-state index >= 15 is 0 Å². The number of carbonyl (C=O) groups excluding carboxylic acids is 1. The molecule has 1 heterocycles. The average molecular weight is 369 g/mol. The highest BCUT2D eigenvalue weighted by molar-refractivity contribution is 5.98. The van der Waals surface area contributed by atoms with E-state index in [2.05, 4.69) is 25.2 Å². The number of hydrogen-bond donors (Lipinski definition) is 2. The molecule has 5 heteroatoms. The molecule has 0 radical (unpaired) electrons. The second-order valence-corrected chi connectivity index (χ2v) is 6.78. The highest BCUT2D eigenvalue weighted by atomic mass is 19.1. The van der Waals surface area contributed by atoms with Crippen LogP contribution in [0.3, 0.4) is 0 Å². The Morgan fingerprint density at radius 1 is 1.11 bits per heavy atom. The van der Waals surface area contributed by atoms with Gasteiger partial charge in [0.1, 0.15) is 17.9 Å². The number of carbonyl (C=O) groups is 1. The van der Waals surface area contributed by atoms with Gasteiger partial charge in [-0.15, -0.1) is 0 Å². The van der Waals surface area contributed by atoms with E-state index in [-0.39, 0.29) is 17.5 Å². The van der Waals surface area contributed by atoms with E-state index < -0.39 is 0 Å². The van der Waals surface area contributed by atoms with Crippen molar-refractivity contribution in [2.24, 2.45) is 0 Å². The Balaban J connectivity index is 1.76. The minimum absolute atomic E-state index is 0.238. The molecule has 0 aliphatic carbocycles. The molecular weight excluding hydrogens is 343 g/mol. The molecule has 2 aromatic carbocycles. The Bertz CT molecular complexity index is 945. The lowest BCUT2D eigenvalue weighted by Gasteiger charge is -2.17. The standard InChI is InChI=1S/C22H25FN2O2/c1-4-25(5-2)14-17-9-7-6-8-16(17)13-24-22(26)21-15(3)19-12-18(23)10-11-20(19)27-21/h6-12H,4-5,13-14H2,1-3H3,(H,24,26)/p+1. The average Bonchev–Trinajstić information content (AvgIpc) is 3.01. The van der Waals surface area contributed by atoms with Crippen LogP contribution in [0.1, 0.15) is 41.1 Å². The van der Waals surface area contributed by atoms with E-state index in [1.807, 2.05) is 18.2 Å². The molecule has 4 nitrogen and oxygen atoms in total. The first-order valence-electron chi connectivity index (χ1n) is 9.40. The van der Waals surface area contributed by atoms with Gasteiger partial charge in [-0.05, 0) is 44.5 Å². The SMILES string of the molecule is CC[NH+](CC)Cc1ccccc1CNC(=O)c1oc2ccc(F)cc2c1C. The number of benzene rings is 2. The molecule has 0 atom stereocenters. The predicted octanol–water partition coefficient (Wildman–Crippen LogP) is 3.24. The number of hydrogen-bond acceptors (Lipinski definition) is 2. The molecule has 3 rings (SSSR count). The molecule has 142 valence electrons. The molecule has 3 aromatic rings. The maximum Gasteiger partial charge on any atom is 0.287 e. The first-order valence-corrected chi connectivity index (χ1v) is 9.40.